The van der Waals surface area contributed by atoms with Gasteiger partial charge in [0.2, 0.25) is 0 Å². The largest absolute Gasteiger partial charge is 0.381 e. The van der Waals surface area contributed by atoms with E-state index in [9.17, 15) is 4.79 Å². The van der Waals surface area contributed by atoms with Crippen molar-refractivity contribution in [3.05, 3.63) is 35.0 Å². The molecule has 7 nitrogen and oxygen atoms in total. The van der Waals surface area contributed by atoms with Gasteiger partial charge in [0, 0.05) is 36.9 Å². The van der Waals surface area contributed by atoms with E-state index in [0.29, 0.717) is 6.04 Å². The van der Waals surface area contributed by atoms with Crippen molar-refractivity contribution in [2.75, 3.05) is 23.9 Å². The van der Waals surface area contributed by atoms with E-state index in [1.54, 1.807) is 11.9 Å². The molecule has 3 rings (SSSR count). The van der Waals surface area contributed by atoms with Crippen LogP contribution in [0.1, 0.15) is 37.7 Å². The molecule has 0 aromatic heterocycles. The summed E-state index contributed by atoms with van der Waals surface area (Å²) in [6.45, 7) is 3.41. The number of rotatable bonds is 7. The number of hydrogen-bond donors (Lipinski definition) is 3. The Bertz CT molecular complexity index is 716. The lowest BCUT2D eigenvalue weighted by atomic mass is 9.91. The fraction of sp³-hybridized carbons (Fsp3) is 0.474. The quantitative estimate of drug-likeness (QED) is 0.514. The maximum atomic E-state index is 11.9. The fourth-order valence-electron chi connectivity index (χ4n) is 3.78. The van der Waals surface area contributed by atoms with Gasteiger partial charge in [-0.15, -0.1) is 0 Å². The lowest BCUT2D eigenvalue weighted by Crippen LogP contribution is -2.31. The number of anilines is 2. The number of carbonyl (C=O) groups excluding carboxylic acids is 1. The maximum absolute atomic E-state index is 11.9. The van der Waals surface area contributed by atoms with Crippen molar-refractivity contribution >= 4 is 24.0 Å². The first-order chi connectivity index (χ1) is 12.6. The summed E-state index contributed by atoms with van der Waals surface area (Å²) in [5.74, 6) is 4.82. The van der Waals surface area contributed by atoms with Gasteiger partial charge < -0.3 is 10.2 Å². The van der Waals surface area contributed by atoms with E-state index >= 15 is 0 Å². The highest BCUT2D eigenvalue weighted by atomic mass is 16.6. The van der Waals surface area contributed by atoms with E-state index in [4.69, 9.17) is 5.90 Å². The fourth-order valence-corrected chi connectivity index (χ4v) is 3.78. The second-order valence-electron chi connectivity index (χ2n) is 6.91. The molecule has 1 aromatic carbocycles. The standard InChI is InChI=1S/C19H27N5O2/c1-21-23-17-6-4-3-5-13(17)9-15-10-14-7-8-16(11-18(14)22-15)24(2)19(25)12-26-20/h7-8,11,15,22-23H,1,3-6,9-10,12,20H2,2H3. The summed E-state index contributed by atoms with van der Waals surface area (Å²) in [7, 11) is 1.72. The van der Waals surface area contributed by atoms with E-state index in [1.807, 2.05) is 12.1 Å². The van der Waals surface area contributed by atoms with Gasteiger partial charge in [0.05, 0.1) is 0 Å². The van der Waals surface area contributed by atoms with Gasteiger partial charge in [0.25, 0.3) is 5.91 Å². The summed E-state index contributed by atoms with van der Waals surface area (Å²) in [5.41, 5.74) is 8.96. The number of likely N-dealkylation sites (N-methyl/N-ethyl adjacent to an activating group) is 1. The highest BCUT2D eigenvalue weighted by Crippen LogP contribution is 2.34. The van der Waals surface area contributed by atoms with Crippen LogP contribution >= 0.6 is 0 Å². The minimum absolute atomic E-state index is 0.134. The Morgan fingerprint density at radius 1 is 1.46 bits per heavy atom. The van der Waals surface area contributed by atoms with Crippen LogP contribution in [0.25, 0.3) is 0 Å². The predicted octanol–water partition coefficient (Wildman–Crippen LogP) is 2.30. The van der Waals surface area contributed by atoms with Crippen molar-refractivity contribution in [1.82, 2.24) is 5.43 Å². The lowest BCUT2D eigenvalue weighted by molar-refractivity contribution is -0.122. The number of amides is 1. The monoisotopic (exact) mass is 357 g/mol. The molecule has 0 fully saturated rings. The number of allylic oxidation sites excluding steroid dienone is 1. The summed E-state index contributed by atoms with van der Waals surface area (Å²) < 4.78 is 0. The Balaban J connectivity index is 1.69. The van der Waals surface area contributed by atoms with Gasteiger partial charge in [-0.1, -0.05) is 6.07 Å². The van der Waals surface area contributed by atoms with Crippen LogP contribution in [-0.2, 0) is 16.1 Å². The number of carbonyl (C=O) groups is 1. The number of nitrogens with two attached hydrogens (primary N) is 1. The molecule has 0 bridgehead atoms. The van der Waals surface area contributed by atoms with Crippen molar-refractivity contribution in [2.24, 2.45) is 11.0 Å². The Labute approximate surface area is 154 Å². The molecule has 140 valence electrons. The molecule has 2 aliphatic rings. The minimum atomic E-state index is -0.179. The summed E-state index contributed by atoms with van der Waals surface area (Å²) in [6.07, 6.45) is 6.59. The number of fused-ring (bicyclic) bond motifs is 1. The molecule has 1 amide bonds. The molecule has 0 radical (unpaired) electrons. The van der Waals surface area contributed by atoms with Crippen molar-refractivity contribution in [1.29, 1.82) is 0 Å². The van der Waals surface area contributed by atoms with E-state index in [-0.39, 0.29) is 12.5 Å². The number of benzene rings is 1. The molecule has 0 saturated heterocycles. The van der Waals surface area contributed by atoms with Crippen LogP contribution < -0.4 is 21.5 Å². The molecule has 1 aliphatic heterocycles. The van der Waals surface area contributed by atoms with Crippen LogP contribution in [0.4, 0.5) is 11.4 Å². The van der Waals surface area contributed by atoms with E-state index in [1.165, 1.54) is 29.7 Å². The normalized spacial score (nSPS) is 18.9. The van der Waals surface area contributed by atoms with Gasteiger partial charge in [-0.25, -0.2) is 5.90 Å². The summed E-state index contributed by atoms with van der Waals surface area (Å²) in [6, 6.07) is 6.43. The Kier molecular flexibility index (Phi) is 5.90. The third kappa shape index (κ3) is 4.05. The van der Waals surface area contributed by atoms with Gasteiger partial charge >= 0.3 is 0 Å². The number of nitrogens with zero attached hydrogens (tertiary/aromatic N) is 2. The topological polar surface area (TPSA) is 92.0 Å². The molecule has 0 spiro atoms. The molecule has 1 unspecified atom stereocenters. The summed E-state index contributed by atoms with van der Waals surface area (Å²) >= 11 is 0. The number of hydrazone groups is 1. The van der Waals surface area contributed by atoms with Gasteiger partial charge in [-0.3, -0.25) is 15.1 Å². The van der Waals surface area contributed by atoms with Gasteiger partial charge in [0.15, 0.2) is 0 Å². The highest BCUT2D eigenvalue weighted by Gasteiger charge is 2.24. The van der Waals surface area contributed by atoms with E-state index < -0.39 is 0 Å². The van der Waals surface area contributed by atoms with Crippen LogP contribution in [0.15, 0.2) is 34.6 Å². The average Bonchev–Trinajstić information content (AvgIpc) is 3.04. The van der Waals surface area contributed by atoms with Gasteiger partial charge in [-0.2, -0.15) is 5.10 Å². The number of nitrogens with one attached hydrogen (secondary N) is 2. The van der Waals surface area contributed by atoms with Crippen LogP contribution in [0, 0.1) is 0 Å². The molecule has 4 N–H and O–H groups in total. The smallest absolute Gasteiger partial charge is 0.254 e. The molecule has 1 aliphatic carbocycles. The van der Waals surface area contributed by atoms with Crippen molar-refractivity contribution in [2.45, 2.75) is 44.6 Å². The Morgan fingerprint density at radius 2 is 2.27 bits per heavy atom. The molecule has 0 saturated carbocycles. The molecule has 7 heteroatoms. The average molecular weight is 357 g/mol. The maximum Gasteiger partial charge on any atom is 0.254 e. The summed E-state index contributed by atoms with van der Waals surface area (Å²) in [5, 5.41) is 7.46. The van der Waals surface area contributed by atoms with Crippen molar-refractivity contribution in [3.8, 4) is 0 Å². The first kappa shape index (κ1) is 18.4. The molecular formula is C19H27N5O2. The second kappa shape index (κ2) is 8.33. The third-order valence-corrected chi connectivity index (χ3v) is 5.18. The SMILES string of the molecule is C=NNC1=C(CC2Cc3ccc(N(C)C(=O)CON)cc3N2)CCCC1. The highest BCUT2D eigenvalue weighted by molar-refractivity contribution is 5.94. The van der Waals surface area contributed by atoms with Crippen molar-refractivity contribution in [3.63, 3.8) is 0 Å². The zero-order valence-electron chi connectivity index (χ0n) is 15.3. The summed E-state index contributed by atoms with van der Waals surface area (Å²) in [4.78, 5) is 17.9. The number of hydrogen-bond acceptors (Lipinski definition) is 6. The van der Waals surface area contributed by atoms with Crippen LogP contribution in [-0.4, -0.2) is 32.3 Å². The van der Waals surface area contributed by atoms with Gasteiger partial charge in [0.1, 0.15) is 6.61 Å². The molecule has 1 heterocycles. The molecular weight excluding hydrogens is 330 g/mol. The third-order valence-electron chi connectivity index (χ3n) is 5.18. The van der Waals surface area contributed by atoms with Crippen LogP contribution in [0.5, 0.6) is 0 Å². The zero-order valence-corrected chi connectivity index (χ0v) is 15.3. The van der Waals surface area contributed by atoms with Crippen LogP contribution in [0.3, 0.4) is 0 Å². The van der Waals surface area contributed by atoms with E-state index in [0.717, 1.165) is 37.1 Å². The van der Waals surface area contributed by atoms with Crippen molar-refractivity contribution < 1.29 is 9.63 Å². The lowest BCUT2D eigenvalue weighted by Gasteiger charge is -2.22. The Hall–Kier alpha value is -2.38. The molecule has 1 aromatic rings. The molecule has 1 atom stereocenters. The first-order valence-electron chi connectivity index (χ1n) is 9.02. The first-order valence-corrected chi connectivity index (χ1v) is 9.02. The zero-order chi connectivity index (χ0) is 18.5. The second-order valence-corrected chi connectivity index (χ2v) is 6.91. The van der Waals surface area contributed by atoms with Crippen LogP contribution in [0.2, 0.25) is 0 Å². The van der Waals surface area contributed by atoms with Gasteiger partial charge in [-0.05, 0) is 61.8 Å². The molecule has 26 heavy (non-hydrogen) atoms. The van der Waals surface area contributed by atoms with E-state index in [2.05, 4.69) is 33.5 Å². The minimum Gasteiger partial charge on any atom is -0.381 e. The predicted molar refractivity (Wildman–Crippen MR) is 104 cm³/mol. The Morgan fingerprint density at radius 3 is 3.04 bits per heavy atom.